The fourth-order valence-corrected chi connectivity index (χ4v) is 2.77. The van der Waals surface area contributed by atoms with E-state index in [1.54, 1.807) is 31.4 Å². The number of amides is 1. The van der Waals surface area contributed by atoms with Crippen LogP contribution in [0, 0.1) is 0 Å². The van der Waals surface area contributed by atoms with Gasteiger partial charge in [0, 0.05) is 24.9 Å². The summed E-state index contributed by atoms with van der Waals surface area (Å²) in [6.07, 6.45) is -2.62. The first-order chi connectivity index (χ1) is 14.9. The van der Waals surface area contributed by atoms with Gasteiger partial charge in [0.1, 0.15) is 5.75 Å². The maximum Gasteiger partial charge on any atom is 0.435 e. The van der Waals surface area contributed by atoms with Crippen LogP contribution in [-0.4, -0.2) is 35.9 Å². The number of carbonyl (C=O) groups excluding carboxylic acids is 1. The highest BCUT2D eigenvalue weighted by Gasteiger charge is 2.33. The second kappa shape index (κ2) is 10.1. The number of methoxy groups -OCH3 is 1. The van der Waals surface area contributed by atoms with Gasteiger partial charge in [-0.1, -0.05) is 12.1 Å². The molecule has 6 nitrogen and oxygen atoms in total. The van der Waals surface area contributed by atoms with Crippen molar-refractivity contribution in [2.75, 3.05) is 20.3 Å². The lowest BCUT2D eigenvalue weighted by molar-refractivity contribution is -0.141. The largest absolute Gasteiger partial charge is 0.497 e. The number of nitrogens with one attached hydrogen (secondary N) is 1. The van der Waals surface area contributed by atoms with E-state index in [0.29, 0.717) is 37.4 Å². The minimum absolute atomic E-state index is 0.266. The fraction of sp³-hybridized carbons (Fsp3) is 0.273. The van der Waals surface area contributed by atoms with E-state index in [9.17, 15) is 18.0 Å². The predicted octanol–water partition coefficient (Wildman–Crippen LogP) is 4.24. The molecule has 0 aliphatic heterocycles. The van der Waals surface area contributed by atoms with Crippen LogP contribution in [0.15, 0.2) is 60.8 Å². The first-order valence-corrected chi connectivity index (χ1v) is 9.59. The van der Waals surface area contributed by atoms with Crippen molar-refractivity contribution in [3.05, 3.63) is 77.6 Å². The molecule has 0 aliphatic rings. The summed E-state index contributed by atoms with van der Waals surface area (Å²) in [5.74, 6) is 0.522. The zero-order valence-electron chi connectivity index (χ0n) is 16.9. The van der Waals surface area contributed by atoms with E-state index in [-0.39, 0.29) is 5.91 Å². The predicted molar refractivity (Wildman–Crippen MR) is 108 cm³/mol. The smallest absolute Gasteiger partial charge is 0.435 e. The van der Waals surface area contributed by atoms with Gasteiger partial charge in [-0.2, -0.15) is 18.3 Å². The lowest BCUT2D eigenvalue weighted by Crippen LogP contribution is -2.25. The van der Waals surface area contributed by atoms with Crippen molar-refractivity contribution in [3.8, 4) is 11.4 Å². The number of alkyl halides is 3. The summed E-state index contributed by atoms with van der Waals surface area (Å²) in [5, 5.41) is 6.30. The standard InChI is InChI=1S/C22H22F3N3O3/c1-30-19-9-3-16(4-10-19)15-31-14-2-12-26-21(29)17-5-7-18(8-6-17)28-13-11-20(27-28)22(23,24)25/h3-11,13H,2,12,14-15H2,1H3,(H,26,29). The van der Waals surface area contributed by atoms with Crippen LogP contribution >= 0.6 is 0 Å². The molecule has 2 aromatic carbocycles. The lowest BCUT2D eigenvalue weighted by atomic mass is 10.2. The van der Waals surface area contributed by atoms with Gasteiger partial charge in [0.25, 0.3) is 5.91 Å². The molecule has 0 spiro atoms. The molecule has 0 unspecified atom stereocenters. The Labute approximate surface area is 177 Å². The van der Waals surface area contributed by atoms with Gasteiger partial charge >= 0.3 is 6.18 Å². The normalized spacial score (nSPS) is 11.4. The average Bonchev–Trinajstić information content (AvgIpc) is 3.27. The number of hydrogen-bond donors (Lipinski definition) is 1. The summed E-state index contributed by atoms with van der Waals surface area (Å²) in [5.41, 5.74) is 0.901. The van der Waals surface area contributed by atoms with E-state index in [1.807, 2.05) is 24.3 Å². The Morgan fingerprint density at radius 3 is 2.39 bits per heavy atom. The van der Waals surface area contributed by atoms with Gasteiger partial charge in [0.05, 0.1) is 19.4 Å². The van der Waals surface area contributed by atoms with Crippen LogP contribution in [0.4, 0.5) is 13.2 Å². The molecule has 3 rings (SSSR count). The summed E-state index contributed by atoms with van der Waals surface area (Å²) in [7, 11) is 1.61. The van der Waals surface area contributed by atoms with Crippen LogP contribution in [0.1, 0.15) is 28.0 Å². The minimum atomic E-state index is -4.50. The van der Waals surface area contributed by atoms with Crippen molar-refractivity contribution in [1.82, 2.24) is 15.1 Å². The summed E-state index contributed by atoms with van der Waals surface area (Å²) in [4.78, 5) is 12.2. The Kier molecular flexibility index (Phi) is 7.30. The highest BCUT2D eigenvalue weighted by molar-refractivity contribution is 5.94. The van der Waals surface area contributed by atoms with E-state index < -0.39 is 11.9 Å². The van der Waals surface area contributed by atoms with Crippen molar-refractivity contribution in [2.24, 2.45) is 0 Å². The quantitative estimate of drug-likeness (QED) is 0.513. The van der Waals surface area contributed by atoms with E-state index in [1.165, 1.54) is 6.20 Å². The number of ether oxygens (including phenoxy) is 2. The number of rotatable bonds is 9. The Morgan fingerprint density at radius 1 is 1.06 bits per heavy atom. The number of halogens is 3. The van der Waals surface area contributed by atoms with Crippen LogP contribution in [0.25, 0.3) is 5.69 Å². The molecule has 3 aromatic rings. The summed E-state index contributed by atoms with van der Waals surface area (Å²) < 4.78 is 49.8. The zero-order chi connectivity index (χ0) is 22.3. The molecule has 1 heterocycles. The van der Waals surface area contributed by atoms with Crippen LogP contribution in [-0.2, 0) is 17.5 Å². The first-order valence-electron chi connectivity index (χ1n) is 9.59. The molecular formula is C22H22F3N3O3. The number of carbonyl (C=O) groups is 1. The van der Waals surface area contributed by atoms with Crippen molar-refractivity contribution < 1.29 is 27.4 Å². The van der Waals surface area contributed by atoms with Gasteiger partial charge in [-0.25, -0.2) is 4.68 Å². The third-order valence-corrected chi connectivity index (χ3v) is 4.45. The van der Waals surface area contributed by atoms with Crippen molar-refractivity contribution >= 4 is 5.91 Å². The summed E-state index contributed by atoms with van der Waals surface area (Å²) in [6, 6.07) is 14.7. The zero-order valence-corrected chi connectivity index (χ0v) is 16.9. The molecule has 9 heteroatoms. The molecule has 0 saturated carbocycles. The average molecular weight is 433 g/mol. The molecule has 0 fully saturated rings. The highest BCUT2D eigenvalue weighted by atomic mass is 19.4. The number of nitrogens with zero attached hydrogens (tertiary/aromatic N) is 2. The fourth-order valence-electron chi connectivity index (χ4n) is 2.77. The minimum Gasteiger partial charge on any atom is -0.497 e. The van der Waals surface area contributed by atoms with Gasteiger partial charge in [-0.15, -0.1) is 0 Å². The Hall–Kier alpha value is -3.33. The van der Waals surface area contributed by atoms with E-state index >= 15 is 0 Å². The number of hydrogen-bond acceptors (Lipinski definition) is 4. The van der Waals surface area contributed by atoms with Gasteiger partial charge < -0.3 is 14.8 Å². The molecule has 0 aliphatic carbocycles. The van der Waals surface area contributed by atoms with Crippen molar-refractivity contribution in [2.45, 2.75) is 19.2 Å². The molecule has 164 valence electrons. The summed E-state index contributed by atoms with van der Waals surface area (Å²) in [6.45, 7) is 1.41. The molecular weight excluding hydrogens is 411 g/mol. The molecule has 0 bridgehead atoms. The van der Waals surface area contributed by atoms with E-state index in [0.717, 1.165) is 22.1 Å². The summed E-state index contributed by atoms with van der Waals surface area (Å²) >= 11 is 0. The maximum atomic E-state index is 12.7. The van der Waals surface area contributed by atoms with Crippen molar-refractivity contribution in [1.29, 1.82) is 0 Å². The Morgan fingerprint density at radius 2 is 1.77 bits per heavy atom. The maximum absolute atomic E-state index is 12.7. The van der Waals surface area contributed by atoms with E-state index in [4.69, 9.17) is 9.47 Å². The second-order valence-electron chi connectivity index (χ2n) is 6.70. The molecule has 1 N–H and O–H groups in total. The van der Waals surface area contributed by atoms with Crippen LogP contribution in [0.5, 0.6) is 5.75 Å². The van der Waals surface area contributed by atoms with Gasteiger partial charge in [0.2, 0.25) is 0 Å². The van der Waals surface area contributed by atoms with Gasteiger partial charge in [0.15, 0.2) is 5.69 Å². The third-order valence-electron chi connectivity index (χ3n) is 4.45. The van der Waals surface area contributed by atoms with E-state index in [2.05, 4.69) is 10.4 Å². The number of benzene rings is 2. The Balaban J connectivity index is 1.40. The molecule has 0 atom stereocenters. The van der Waals surface area contributed by atoms with Crippen molar-refractivity contribution in [3.63, 3.8) is 0 Å². The van der Waals surface area contributed by atoms with Crippen LogP contribution in [0.2, 0.25) is 0 Å². The lowest BCUT2D eigenvalue weighted by Gasteiger charge is -2.08. The Bertz CT molecular complexity index is 984. The molecule has 31 heavy (non-hydrogen) atoms. The van der Waals surface area contributed by atoms with Crippen LogP contribution < -0.4 is 10.1 Å². The third kappa shape index (κ3) is 6.32. The molecule has 1 aromatic heterocycles. The monoisotopic (exact) mass is 433 g/mol. The second-order valence-corrected chi connectivity index (χ2v) is 6.70. The molecule has 0 saturated heterocycles. The van der Waals surface area contributed by atoms with Gasteiger partial charge in [-0.05, 0) is 54.4 Å². The topological polar surface area (TPSA) is 65.4 Å². The van der Waals surface area contributed by atoms with Crippen LogP contribution in [0.3, 0.4) is 0 Å². The molecule has 1 amide bonds. The number of aromatic nitrogens is 2. The van der Waals surface area contributed by atoms with Gasteiger partial charge in [-0.3, -0.25) is 4.79 Å². The SMILES string of the molecule is COc1ccc(COCCCNC(=O)c2ccc(-n3ccc(C(F)(F)F)n3)cc2)cc1. The molecule has 0 radical (unpaired) electrons. The first kappa shape index (κ1) is 22.4. The highest BCUT2D eigenvalue weighted by Crippen LogP contribution is 2.27.